The fourth-order valence-electron chi connectivity index (χ4n) is 1.89. The first-order chi connectivity index (χ1) is 8.65. The number of benzene rings is 1. The Balaban J connectivity index is 2.45. The molecule has 0 aliphatic carbocycles. The summed E-state index contributed by atoms with van der Waals surface area (Å²) in [6.45, 7) is 0.251. The Hall–Kier alpha value is -2.08. The summed E-state index contributed by atoms with van der Waals surface area (Å²) in [6.07, 6.45) is 0.253. The van der Waals surface area contributed by atoms with Crippen LogP contribution in [0.1, 0.15) is 6.42 Å². The van der Waals surface area contributed by atoms with Crippen molar-refractivity contribution >= 4 is 23.2 Å². The summed E-state index contributed by atoms with van der Waals surface area (Å²) >= 11 is 0. The van der Waals surface area contributed by atoms with Gasteiger partial charge < -0.3 is 20.7 Å². The molecule has 1 aromatic carbocycles. The molecule has 0 atom stereocenters. The average molecular weight is 249 g/mol. The number of nitrogens with one attached hydrogen (secondary N) is 1. The van der Waals surface area contributed by atoms with E-state index < -0.39 is 0 Å². The van der Waals surface area contributed by atoms with Gasteiger partial charge in [0.1, 0.15) is 5.75 Å². The van der Waals surface area contributed by atoms with Crippen LogP contribution in [0, 0.1) is 0 Å². The lowest BCUT2D eigenvalue weighted by atomic mass is 10.2. The first-order valence-electron chi connectivity index (χ1n) is 5.64. The number of rotatable bonds is 2. The molecule has 0 saturated heterocycles. The molecule has 0 spiro atoms. The molecular formula is C12H15N3O3. The molecule has 3 N–H and O–H groups in total. The number of ether oxygens (including phenoxy) is 1. The van der Waals surface area contributed by atoms with Crippen molar-refractivity contribution in [3.8, 4) is 5.75 Å². The minimum atomic E-state index is -0.210. The number of hydrogen-bond acceptors (Lipinski definition) is 4. The highest BCUT2D eigenvalue weighted by atomic mass is 16.5. The quantitative estimate of drug-likeness (QED) is 0.791. The lowest BCUT2D eigenvalue weighted by Crippen LogP contribution is -2.36. The van der Waals surface area contributed by atoms with Crippen molar-refractivity contribution in [1.82, 2.24) is 0 Å². The molecule has 0 unspecified atom stereocenters. The van der Waals surface area contributed by atoms with Crippen molar-refractivity contribution in [2.24, 2.45) is 5.73 Å². The van der Waals surface area contributed by atoms with E-state index in [2.05, 4.69) is 5.32 Å². The van der Waals surface area contributed by atoms with E-state index in [9.17, 15) is 9.59 Å². The molecule has 2 rings (SSSR count). The molecule has 0 bridgehead atoms. The van der Waals surface area contributed by atoms with Crippen LogP contribution >= 0.6 is 0 Å². The van der Waals surface area contributed by atoms with E-state index in [1.807, 2.05) is 0 Å². The number of nitrogens with two attached hydrogens (primary N) is 1. The molecule has 1 aliphatic heterocycles. The van der Waals surface area contributed by atoms with Crippen LogP contribution in [0.3, 0.4) is 0 Å². The Morgan fingerprint density at radius 3 is 3.00 bits per heavy atom. The molecule has 0 saturated carbocycles. The number of anilines is 2. The molecule has 6 nitrogen and oxygen atoms in total. The molecular weight excluding hydrogens is 234 g/mol. The van der Waals surface area contributed by atoms with Crippen LogP contribution < -0.4 is 20.7 Å². The summed E-state index contributed by atoms with van der Waals surface area (Å²) in [5, 5.41) is 2.75. The van der Waals surface area contributed by atoms with Gasteiger partial charge in [-0.1, -0.05) is 0 Å². The number of fused-ring (bicyclic) bond motifs is 1. The second-order valence-corrected chi connectivity index (χ2v) is 3.93. The molecule has 18 heavy (non-hydrogen) atoms. The fourth-order valence-corrected chi connectivity index (χ4v) is 1.89. The zero-order valence-electron chi connectivity index (χ0n) is 10.1. The Labute approximate surface area is 105 Å². The van der Waals surface area contributed by atoms with E-state index in [0.29, 0.717) is 23.7 Å². The summed E-state index contributed by atoms with van der Waals surface area (Å²) < 4.78 is 5.10. The second kappa shape index (κ2) is 5.05. The van der Waals surface area contributed by atoms with Crippen molar-refractivity contribution in [3.63, 3.8) is 0 Å². The van der Waals surface area contributed by atoms with Gasteiger partial charge in [0.15, 0.2) is 0 Å². The Morgan fingerprint density at radius 1 is 1.56 bits per heavy atom. The number of hydrogen-bond donors (Lipinski definition) is 2. The van der Waals surface area contributed by atoms with Gasteiger partial charge in [0.2, 0.25) is 11.8 Å². The molecule has 0 aromatic heterocycles. The van der Waals surface area contributed by atoms with Gasteiger partial charge in [-0.25, -0.2) is 0 Å². The third-order valence-electron chi connectivity index (χ3n) is 2.81. The maximum atomic E-state index is 11.8. The largest absolute Gasteiger partial charge is 0.497 e. The van der Waals surface area contributed by atoms with Crippen molar-refractivity contribution in [3.05, 3.63) is 18.2 Å². The third kappa shape index (κ3) is 2.28. The zero-order valence-corrected chi connectivity index (χ0v) is 10.1. The Kier molecular flexibility index (Phi) is 3.47. The van der Waals surface area contributed by atoms with Crippen molar-refractivity contribution in [2.45, 2.75) is 6.42 Å². The van der Waals surface area contributed by atoms with E-state index in [-0.39, 0.29) is 24.8 Å². The first kappa shape index (κ1) is 12.4. The molecule has 1 heterocycles. The second-order valence-electron chi connectivity index (χ2n) is 3.93. The van der Waals surface area contributed by atoms with Crippen LogP contribution in [0.15, 0.2) is 18.2 Å². The third-order valence-corrected chi connectivity index (χ3v) is 2.81. The smallest absolute Gasteiger partial charge is 0.240 e. The van der Waals surface area contributed by atoms with E-state index >= 15 is 0 Å². The van der Waals surface area contributed by atoms with Gasteiger partial charge in [0.25, 0.3) is 0 Å². The van der Waals surface area contributed by atoms with Crippen LogP contribution in [0.5, 0.6) is 5.75 Å². The van der Waals surface area contributed by atoms with Crippen LogP contribution in [0.2, 0.25) is 0 Å². The lowest BCUT2D eigenvalue weighted by molar-refractivity contribution is -0.117. The zero-order chi connectivity index (χ0) is 13.1. The predicted octanol–water partition coefficient (Wildman–Crippen LogP) is 0.329. The Morgan fingerprint density at radius 2 is 2.33 bits per heavy atom. The standard InChI is InChI=1S/C12H15N3O3/c1-18-8-2-3-10-9(6-8)14-11(16)4-5-15(10)12(17)7-13/h2-3,6H,4-5,7,13H2,1H3,(H,14,16). The lowest BCUT2D eigenvalue weighted by Gasteiger charge is -2.21. The van der Waals surface area contributed by atoms with Crippen LogP contribution in [0.4, 0.5) is 11.4 Å². The van der Waals surface area contributed by atoms with Gasteiger partial charge in [-0.2, -0.15) is 0 Å². The number of methoxy groups -OCH3 is 1. The summed E-state index contributed by atoms with van der Waals surface area (Å²) in [5.41, 5.74) is 6.60. The van der Waals surface area contributed by atoms with Crippen LogP contribution in [-0.4, -0.2) is 32.0 Å². The summed E-state index contributed by atoms with van der Waals surface area (Å²) in [4.78, 5) is 24.9. The number of nitrogens with zero attached hydrogens (tertiary/aromatic N) is 1. The average Bonchev–Trinajstić information content (AvgIpc) is 2.55. The normalized spacial score (nSPS) is 14.6. The number of carbonyl (C=O) groups excluding carboxylic acids is 2. The summed E-state index contributed by atoms with van der Waals surface area (Å²) in [5.74, 6) is 0.283. The molecule has 1 aliphatic rings. The molecule has 6 heteroatoms. The van der Waals surface area contributed by atoms with Crippen LogP contribution in [-0.2, 0) is 9.59 Å². The van der Waals surface area contributed by atoms with E-state index in [1.54, 1.807) is 25.3 Å². The SMILES string of the molecule is COc1ccc2c(c1)NC(=O)CCN2C(=O)CN. The molecule has 2 amide bonds. The highest BCUT2D eigenvalue weighted by molar-refractivity contribution is 6.04. The number of amides is 2. The highest BCUT2D eigenvalue weighted by Crippen LogP contribution is 2.32. The first-order valence-corrected chi connectivity index (χ1v) is 5.64. The van der Waals surface area contributed by atoms with Gasteiger partial charge in [0, 0.05) is 19.0 Å². The maximum Gasteiger partial charge on any atom is 0.240 e. The van der Waals surface area contributed by atoms with Crippen molar-refractivity contribution in [2.75, 3.05) is 30.4 Å². The fraction of sp³-hybridized carbons (Fsp3) is 0.333. The highest BCUT2D eigenvalue weighted by Gasteiger charge is 2.23. The molecule has 0 fully saturated rings. The van der Waals surface area contributed by atoms with Gasteiger partial charge in [-0.3, -0.25) is 9.59 Å². The predicted molar refractivity (Wildman–Crippen MR) is 67.6 cm³/mol. The molecule has 96 valence electrons. The summed E-state index contributed by atoms with van der Waals surface area (Å²) in [6, 6.07) is 5.18. The van der Waals surface area contributed by atoms with Gasteiger partial charge in [0.05, 0.1) is 25.0 Å². The van der Waals surface area contributed by atoms with Crippen LogP contribution in [0.25, 0.3) is 0 Å². The van der Waals surface area contributed by atoms with Gasteiger partial charge >= 0.3 is 0 Å². The van der Waals surface area contributed by atoms with E-state index in [0.717, 1.165) is 0 Å². The van der Waals surface area contributed by atoms with Gasteiger partial charge in [-0.05, 0) is 12.1 Å². The summed E-state index contributed by atoms with van der Waals surface area (Å²) in [7, 11) is 1.54. The Bertz CT molecular complexity index is 487. The molecule has 1 aromatic rings. The number of carbonyl (C=O) groups is 2. The van der Waals surface area contributed by atoms with E-state index in [1.165, 1.54) is 4.90 Å². The van der Waals surface area contributed by atoms with Crippen molar-refractivity contribution < 1.29 is 14.3 Å². The van der Waals surface area contributed by atoms with Gasteiger partial charge in [-0.15, -0.1) is 0 Å². The topological polar surface area (TPSA) is 84.7 Å². The maximum absolute atomic E-state index is 11.8. The van der Waals surface area contributed by atoms with E-state index in [4.69, 9.17) is 10.5 Å². The minimum absolute atomic E-state index is 0.0837. The molecule has 0 radical (unpaired) electrons. The minimum Gasteiger partial charge on any atom is -0.497 e. The monoisotopic (exact) mass is 249 g/mol. The van der Waals surface area contributed by atoms with Crippen molar-refractivity contribution in [1.29, 1.82) is 0 Å².